The van der Waals surface area contributed by atoms with Crippen molar-refractivity contribution >= 4 is 29.7 Å². The van der Waals surface area contributed by atoms with Crippen LogP contribution in [0.3, 0.4) is 0 Å². The van der Waals surface area contributed by atoms with Gasteiger partial charge >= 0.3 is 12.2 Å². The maximum atomic E-state index is 13.6. The number of alkyl carbamates (subject to hydrolysis) is 1. The zero-order valence-electron chi connectivity index (χ0n) is 25.1. The van der Waals surface area contributed by atoms with E-state index in [0.717, 1.165) is 5.56 Å². The van der Waals surface area contributed by atoms with E-state index in [1.807, 2.05) is 58.0 Å². The fraction of sp³-hybridized carbons (Fsp3) is 0.633. The van der Waals surface area contributed by atoms with E-state index in [1.165, 1.54) is 16.8 Å². The zero-order valence-corrected chi connectivity index (χ0v) is 25.1. The van der Waals surface area contributed by atoms with Crippen molar-refractivity contribution in [2.24, 2.45) is 17.8 Å². The number of nitrogens with zero attached hydrogens (tertiary/aromatic N) is 2. The molecule has 1 saturated heterocycles. The predicted octanol–water partition coefficient (Wildman–Crippen LogP) is 4.21. The molecule has 3 atom stereocenters. The molecular formula is C30H45N3O7. The molecule has 222 valence electrons. The Morgan fingerprint density at radius 2 is 1.62 bits per heavy atom. The molecule has 1 N–H and O–H groups in total. The van der Waals surface area contributed by atoms with Crippen molar-refractivity contribution < 1.29 is 33.4 Å². The van der Waals surface area contributed by atoms with Crippen molar-refractivity contribution in [3.05, 3.63) is 35.9 Å². The number of ether oxygens (including phenoxy) is 2. The summed E-state index contributed by atoms with van der Waals surface area (Å²) in [4.78, 5) is 67.9. The number of hydrogen-bond donors (Lipinski definition) is 1. The molecule has 10 heteroatoms. The normalized spacial score (nSPS) is 17.0. The summed E-state index contributed by atoms with van der Waals surface area (Å²) in [6, 6.07) is 7.36. The smallest absolute Gasteiger partial charge is 0.410 e. The third-order valence-corrected chi connectivity index (χ3v) is 6.48. The number of carbonyl (C=O) groups is 5. The molecule has 0 spiro atoms. The van der Waals surface area contributed by atoms with Crippen LogP contribution in [0.4, 0.5) is 9.59 Å². The Morgan fingerprint density at radius 1 is 1.02 bits per heavy atom. The molecule has 0 aliphatic carbocycles. The van der Waals surface area contributed by atoms with Gasteiger partial charge in [0.05, 0.1) is 18.5 Å². The number of carbonyl (C=O) groups excluding carboxylic acids is 5. The van der Waals surface area contributed by atoms with Gasteiger partial charge in [0, 0.05) is 13.6 Å². The minimum absolute atomic E-state index is 0.0440. The number of nitrogens with one attached hydrogen (secondary N) is 1. The number of likely N-dealkylation sites (N-methyl/N-ethyl adjacent to an activating group) is 1. The summed E-state index contributed by atoms with van der Waals surface area (Å²) in [6.07, 6.45) is -0.714. The Bertz CT molecular complexity index is 1050. The fourth-order valence-corrected chi connectivity index (χ4v) is 4.51. The van der Waals surface area contributed by atoms with Gasteiger partial charge in [-0.05, 0) is 51.0 Å². The second kappa shape index (κ2) is 14.3. The van der Waals surface area contributed by atoms with Crippen molar-refractivity contribution in [2.45, 2.75) is 85.6 Å². The molecule has 2 rings (SSSR count). The van der Waals surface area contributed by atoms with Gasteiger partial charge in [-0.3, -0.25) is 19.3 Å². The Kier molecular flexibility index (Phi) is 11.7. The third-order valence-electron chi connectivity index (χ3n) is 6.48. The van der Waals surface area contributed by atoms with Crippen LogP contribution in [0.5, 0.6) is 0 Å². The van der Waals surface area contributed by atoms with Gasteiger partial charge < -0.3 is 19.7 Å². The first-order valence-corrected chi connectivity index (χ1v) is 13.9. The van der Waals surface area contributed by atoms with Crippen LogP contribution in [0.25, 0.3) is 0 Å². The van der Waals surface area contributed by atoms with Crippen LogP contribution in [0.15, 0.2) is 30.3 Å². The van der Waals surface area contributed by atoms with Gasteiger partial charge in [-0.2, -0.15) is 0 Å². The van der Waals surface area contributed by atoms with Crippen molar-refractivity contribution in [2.75, 3.05) is 20.1 Å². The summed E-state index contributed by atoms with van der Waals surface area (Å²) in [5.74, 6) is -2.21. The summed E-state index contributed by atoms with van der Waals surface area (Å²) in [6.45, 7) is 12.6. The lowest BCUT2D eigenvalue weighted by Gasteiger charge is -2.33. The first-order chi connectivity index (χ1) is 18.6. The molecule has 1 aromatic rings. The minimum Gasteiger partial charge on any atom is -0.445 e. The molecule has 1 aliphatic rings. The number of rotatable bonds is 11. The Balaban J connectivity index is 2.13. The number of Topliss-reactive ketones (excluding diaryl/α,β-unsaturated/α-hetero) is 2. The van der Waals surface area contributed by atoms with Crippen molar-refractivity contribution in [1.29, 1.82) is 0 Å². The van der Waals surface area contributed by atoms with Crippen molar-refractivity contribution in [3.8, 4) is 0 Å². The van der Waals surface area contributed by atoms with Crippen molar-refractivity contribution in [3.63, 3.8) is 0 Å². The highest BCUT2D eigenvalue weighted by molar-refractivity contribution is 6.09. The molecule has 0 aromatic heterocycles. The molecule has 1 unspecified atom stereocenters. The Labute approximate surface area is 237 Å². The van der Waals surface area contributed by atoms with Crippen LogP contribution in [0, 0.1) is 17.8 Å². The first-order valence-electron chi connectivity index (χ1n) is 13.9. The average molecular weight is 560 g/mol. The van der Waals surface area contributed by atoms with Crippen LogP contribution in [0.2, 0.25) is 0 Å². The minimum atomic E-state index is -1.08. The van der Waals surface area contributed by atoms with Crippen LogP contribution < -0.4 is 5.32 Å². The van der Waals surface area contributed by atoms with Crippen LogP contribution in [-0.4, -0.2) is 77.3 Å². The summed E-state index contributed by atoms with van der Waals surface area (Å²) >= 11 is 0. The highest BCUT2D eigenvalue weighted by atomic mass is 16.6. The SMILES string of the molecule is CC(C)C[C@H](NC(=O)OCc1ccccc1)C(=O)C1CN(C(=O)[C@H](CC(C)C)N(C)C(=O)OC(C)(C)C)CC1=O. The molecule has 0 bridgehead atoms. The molecule has 1 fully saturated rings. The van der Waals surface area contributed by atoms with E-state index in [4.69, 9.17) is 9.47 Å². The van der Waals surface area contributed by atoms with E-state index in [2.05, 4.69) is 5.32 Å². The average Bonchev–Trinajstić information content (AvgIpc) is 3.25. The third kappa shape index (κ3) is 9.95. The van der Waals surface area contributed by atoms with E-state index in [1.54, 1.807) is 20.8 Å². The summed E-state index contributed by atoms with van der Waals surface area (Å²) in [5, 5.41) is 2.63. The van der Waals surface area contributed by atoms with E-state index >= 15 is 0 Å². The monoisotopic (exact) mass is 559 g/mol. The lowest BCUT2D eigenvalue weighted by Crippen LogP contribution is -2.51. The van der Waals surface area contributed by atoms with Gasteiger partial charge in [0.25, 0.3) is 0 Å². The number of ketones is 2. The lowest BCUT2D eigenvalue weighted by molar-refractivity contribution is -0.137. The Morgan fingerprint density at radius 3 is 2.17 bits per heavy atom. The number of likely N-dealkylation sites (tertiary alicyclic amines) is 1. The van der Waals surface area contributed by atoms with E-state index < -0.39 is 53.3 Å². The maximum Gasteiger partial charge on any atom is 0.410 e. The van der Waals surface area contributed by atoms with Crippen LogP contribution in [0.1, 0.15) is 66.9 Å². The highest BCUT2D eigenvalue weighted by Gasteiger charge is 2.44. The second-order valence-corrected chi connectivity index (χ2v) is 12.3. The van der Waals surface area contributed by atoms with E-state index in [0.29, 0.717) is 12.8 Å². The lowest BCUT2D eigenvalue weighted by atomic mass is 9.91. The standard InChI is InChI=1S/C30H45N3O7/c1-19(2)14-23(31-28(37)39-18-21-12-10-9-11-13-21)26(35)22-16-33(17-25(22)34)27(36)24(15-20(3)4)32(8)29(38)40-30(5,6)7/h9-13,19-20,22-24H,14-18H2,1-8H3,(H,31,37)/t22?,23-,24-/m0/s1. The number of amides is 3. The molecule has 10 nitrogen and oxygen atoms in total. The summed E-state index contributed by atoms with van der Waals surface area (Å²) in [5.41, 5.74) is 0.0651. The van der Waals surface area contributed by atoms with Crippen molar-refractivity contribution in [1.82, 2.24) is 15.1 Å². The van der Waals surface area contributed by atoms with Gasteiger partial charge in [-0.25, -0.2) is 9.59 Å². The molecular weight excluding hydrogens is 514 g/mol. The molecule has 1 aromatic carbocycles. The molecule has 0 radical (unpaired) electrons. The van der Waals surface area contributed by atoms with Gasteiger partial charge in [-0.15, -0.1) is 0 Å². The molecule has 0 saturated carbocycles. The molecule has 1 aliphatic heterocycles. The number of hydrogen-bond acceptors (Lipinski definition) is 7. The highest BCUT2D eigenvalue weighted by Crippen LogP contribution is 2.23. The topological polar surface area (TPSA) is 122 Å². The van der Waals surface area contributed by atoms with Gasteiger partial charge in [0.15, 0.2) is 11.6 Å². The van der Waals surface area contributed by atoms with Gasteiger partial charge in [0.1, 0.15) is 18.2 Å². The fourth-order valence-electron chi connectivity index (χ4n) is 4.51. The number of benzene rings is 1. The van der Waals surface area contributed by atoms with Crippen LogP contribution in [-0.2, 0) is 30.5 Å². The first kappa shape index (κ1) is 32.8. The van der Waals surface area contributed by atoms with E-state index in [9.17, 15) is 24.0 Å². The quantitative estimate of drug-likeness (QED) is 0.403. The summed E-state index contributed by atoms with van der Waals surface area (Å²) in [7, 11) is 1.50. The van der Waals surface area contributed by atoms with Crippen LogP contribution >= 0.6 is 0 Å². The summed E-state index contributed by atoms with van der Waals surface area (Å²) < 4.78 is 10.7. The molecule has 40 heavy (non-hydrogen) atoms. The zero-order chi connectivity index (χ0) is 30.2. The second-order valence-electron chi connectivity index (χ2n) is 12.3. The predicted molar refractivity (Wildman–Crippen MR) is 150 cm³/mol. The van der Waals surface area contributed by atoms with Gasteiger partial charge in [-0.1, -0.05) is 58.0 Å². The molecule has 1 heterocycles. The maximum absolute atomic E-state index is 13.6. The van der Waals surface area contributed by atoms with E-state index in [-0.39, 0.29) is 31.5 Å². The Hall–Kier alpha value is -3.43. The van der Waals surface area contributed by atoms with Gasteiger partial charge in [0.2, 0.25) is 5.91 Å². The largest absolute Gasteiger partial charge is 0.445 e. The molecule has 3 amide bonds.